The molecule has 0 radical (unpaired) electrons. The lowest BCUT2D eigenvalue weighted by Gasteiger charge is -2.13. The fourth-order valence-electron chi connectivity index (χ4n) is 1.97. The van der Waals surface area contributed by atoms with Crippen LogP contribution in [0.4, 0.5) is 10.5 Å². The van der Waals surface area contributed by atoms with Crippen molar-refractivity contribution in [2.24, 2.45) is 0 Å². The molecule has 7 heteroatoms. The highest BCUT2D eigenvalue weighted by Gasteiger charge is 2.27. The third-order valence-electron chi connectivity index (χ3n) is 3.08. The van der Waals surface area contributed by atoms with Crippen LogP contribution in [-0.2, 0) is 11.2 Å². The van der Waals surface area contributed by atoms with E-state index < -0.39 is 18.0 Å². The molecule has 2 aromatic carbocycles. The molecule has 0 saturated heterocycles. The van der Waals surface area contributed by atoms with E-state index in [-0.39, 0.29) is 11.4 Å². The number of carbonyl (C=O) groups is 2. The molecule has 2 aromatic rings. The predicted molar refractivity (Wildman–Crippen MR) is 91.2 cm³/mol. The molecular weight excluding hydrogens is 339 g/mol. The summed E-state index contributed by atoms with van der Waals surface area (Å²) >= 11 is 11.8. The molecule has 0 fully saturated rings. The Kier molecular flexibility index (Phi) is 5.84. The van der Waals surface area contributed by atoms with Crippen molar-refractivity contribution in [1.82, 2.24) is 5.32 Å². The quantitative estimate of drug-likeness (QED) is 0.810. The molecule has 0 aliphatic rings. The maximum atomic E-state index is 12.0. The molecule has 1 atom stereocenters. The molecule has 120 valence electrons. The molecule has 5 nitrogen and oxygen atoms in total. The molecule has 0 aliphatic heterocycles. The number of urea groups is 1. The molecule has 2 rings (SSSR count). The lowest BCUT2D eigenvalue weighted by atomic mass is 10.1. The molecule has 0 spiro atoms. The van der Waals surface area contributed by atoms with Crippen molar-refractivity contribution in [3.8, 4) is 0 Å². The smallest absolute Gasteiger partial charge is 0.539 e. The standard InChI is InChI=1S/C16H14Cl2N2O3/c17-11-6-7-13(12(18)9-11)19-16(23)20-14(15(21)22)8-10-4-2-1-3-5-10/h1-7,9,14H,8H2,(H,21,22)(H2,19,20,23)/p+1. The van der Waals surface area contributed by atoms with Crippen LogP contribution in [0, 0.1) is 0 Å². The van der Waals surface area contributed by atoms with E-state index in [0.717, 1.165) is 5.56 Å². The minimum absolute atomic E-state index is 0.241. The fraction of sp³-hybridized carbons (Fsp3) is 0.125. The molecule has 1 unspecified atom stereocenters. The number of rotatable bonds is 5. The van der Waals surface area contributed by atoms with Gasteiger partial charge in [0, 0.05) is 16.2 Å². The number of benzene rings is 2. The molecule has 0 aliphatic carbocycles. The summed E-state index contributed by atoms with van der Waals surface area (Å²) in [5.74, 6) is -0.869. The van der Waals surface area contributed by atoms with Gasteiger partial charge in [0.2, 0.25) is 0 Å². The van der Waals surface area contributed by atoms with Gasteiger partial charge in [0.1, 0.15) is 0 Å². The largest absolute Gasteiger partial charge is 0.563 e. The Balaban J connectivity index is 2.02. The van der Waals surface area contributed by atoms with Crippen LogP contribution in [0.15, 0.2) is 48.5 Å². The van der Waals surface area contributed by atoms with Gasteiger partial charge in [-0.2, -0.15) is 0 Å². The van der Waals surface area contributed by atoms with Gasteiger partial charge in [-0.1, -0.05) is 53.5 Å². The van der Waals surface area contributed by atoms with Crippen LogP contribution < -0.4 is 10.6 Å². The summed E-state index contributed by atoms with van der Waals surface area (Å²) in [5, 5.41) is 13.0. The van der Waals surface area contributed by atoms with E-state index in [2.05, 4.69) is 10.6 Å². The Labute approximate surface area is 143 Å². The minimum atomic E-state index is -0.941. The van der Waals surface area contributed by atoms with E-state index in [1.165, 1.54) is 6.07 Å². The van der Waals surface area contributed by atoms with Crippen molar-refractivity contribution in [1.29, 1.82) is 0 Å². The van der Waals surface area contributed by atoms with Crippen molar-refractivity contribution >= 4 is 40.9 Å². The predicted octanol–water partition coefficient (Wildman–Crippen LogP) is 2.98. The van der Waals surface area contributed by atoms with Gasteiger partial charge in [0.05, 0.1) is 10.7 Å². The zero-order valence-electron chi connectivity index (χ0n) is 12.0. The summed E-state index contributed by atoms with van der Waals surface area (Å²) in [5.41, 5.74) is 1.22. The van der Waals surface area contributed by atoms with Gasteiger partial charge in [0.25, 0.3) is 0 Å². The molecule has 0 heterocycles. The van der Waals surface area contributed by atoms with Crippen LogP contribution in [0.3, 0.4) is 0 Å². The van der Waals surface area contributed by atoms with Gasteiger partial charge in [-0.05, 0) is 23.8 Å². The van der Waals surface area contributed by atoms with Crippen molar-refractivity contribution in [2.45, 2.75) is 12.5 Å². The van der Waals surface area contributed by atoms with Crippen LogP contribution >= 0.6 is 23.2 Å². The summed E-state index contributed by atoms with van der Waals surface area (Å²) in [6.45, 7) is 0. The second-order valence-corrected chi connectivity index (χ2v) is 5.67. The van der Waals surface area contributed by atoms with Crippen LogP contribution in [-0.4, -0.2) is 23.1 Å². The number of hydrogen-bond acceptors (Lipinski definition) is 2. The third-order valence-corrected chi connectivity index (χ3v) is 3.63. The Hall–Kier alpha value is -2.24. The molecule has 0 saturated carbocycles. The first-order valence-corrected chi connectivity index (χ1v) is 7.53. The summed E-state index contributed by atoms with van der Waals surface area (Å²) in [4.78, 5) is 23.4. The number of halogens is 2. The SMILES string of the molecule is O=C(Nc1ccc(Cl)cc1Cl)NC(Cc1ccccc1)C(=O)[OH2+]. The monoisotopic (exact) mass is 353 g/mol. The van der Waals surface area contributed by atoms with Crippen molar-refractivity contribution in [3.05, 3.63) is 64.1 Å². The summed E-state index contributed by atoms with van der Waals surface area (Å²) in [6, 6.07) is 12.2. The number of nitrogens with one attached hydrogen (secondary N) is 2. The zero-order chi connectivity index (χ0) is 16.8. The van der Waals surface area contributed by atoms with E-state index in [1.807, 2.05) is 30.3 Å². The van der Waals surface area contributed by atoms with Crippen LogP contribution in [0.25, 0.3) is 0 Å². The minimum Gasteiger partial charge on any atom is -0.563 e. The fourth-order valence-corrected chi connectivity index (χ4v) is 2.42. The molecule has 0 bridgehead atoms. The molecule has 4 N–H and O–H groups in total. The number of anilines is 1. The molecular formula is C16H15Cl2N2O3+. The molecule has 2 amide bonds. The Morgan fingerprint density at radius 1 is 1.09 bits per heavy atom. The van der Waals surface area contributed by atoms with Gasteiger partial charge in [-0.15, -0.1) is 0 Å². The van der Waals surface area contributed by atoms with Gasteiger partial charge in [-0.3, -0.25) is 0 Å². The van der Waals surface area contributed by atoms with Crippen molar-refractivity contribution < 1.29 is 14.7 Å². The van der Waals surface area contributed by atoms with Crippen molar-refractivity contribution in [3.63, 3.8) is 0 Å². The second-order valence-electron chi connectivity index (χ2n) is 4.83. The first kappa shape index (κ1) is 17.1. The van der Waals surface area contributed by atoms with Crippen LogP contribution in [0.2, 0.25) is 10.0 Å². The average molecular weight is 354 g/mol. The van der Waals surface area contributed by atoms with Crippen molar-refractivity contribution in [2.75, 3.05) is 5.32 Å². The normalized spacial score (nSPS) is 11.6. The maximum Gasteiger partial charge on any atom is 0.539 e. The number of amides is 2. The number of hydrogen-bond donors (Lipinski definition) is 2. The van der Waals surface area contributed by atoms with E-state index in [9.17, 15) is 9.59 Å². The Morgan fingerprint density at radius 3 is 2.39 bits per heavy atom. The van der Waals surface area contributed by atoms with E-state index in [1.54, 1.807) is 12.1 Å². The Bertz CT molecular complexity index is 708. The van der Waals surface area contributed by atoms with E-state index in [4.69, 9.17) is 28.3 Å². The van der Waals surface area contributed by atoms with Gasteiger partial charge < -0.3 is 15.7 Å². The molecule has 0 aromatic heterocycles. The zero-order valence-corrected chi connectivity index (χ0v) is 13.5. The third kappa shape index (κ3) is 5.16. The second kappa shape index (κ2) is 7.85. The highest BCUT2D eigenvalue weighted by atomic mass is 35.5. The highest BCUT2D eigenvalue weighted by molar-refractivity contribution is 6.36. The summed E-state index contributed by atoms with van der Waals surface area (Å²) < 4.78 is 0. The Morgan fingerprint density at radius 2 is 1.78 bits per heavy atom. The van der Waals surface area contributed by atoms with E-state index in [0.29, 0.717) is 10.7 Å². The lowest BCUT2D eigenvalue weighted by Crippen LogP contribution is -2.44. The summed E-state index contributed by atoms with van der Waals surface area (Å²) in [7, 11) is 0. The molecule has 23 heavy (non-hydrogen) atoms. The van der Waals surface area contributed by atoms with Crippen LogP contribution in [0.5, 0.6) is 0 Å². The lowest BCUT2D eigenvalue weighted by molar-refractivity contribution is -0.139. The topological polar surface area (TPSA) is 81.1 Å². The van der Waals surface area contributed by atoms with Gasteiger partial charge >= 0.3 is 12.0 Å². The van der Waals surface area contributed by atoms with Gasteiger partial charge in [-0.25, -0.2) is 4.79 Å². The summed E-state index contributed by atoms with van der Waals surface area (Å²) in [6.07, 6.45) is 0.241. The average Bonchev–Trinajstić information content (AvgIpc) is 2.50. The maximum absolute atomic E-state index is 12.0. The van der Waals surface area contributed by atoms with Crippen LogP contribution in [0.1, 0.15) is 5.56 Å². The first-order chi connectivity index (χ1) is 11.0. The highest BCUT2D eigenvalue weighted by Crippen LogP contribution is 2.25. The van der Waals surface area contributed by atoms with E-state index >= 15 is 0 Å². The van der Waals surface area contributed by atoms with Gasteiger partial charge in [0.15, 0.2) is 6.04 Å². The first-order valence-electron chi connectivity index (χ1n) is 6.77. The number of carbonyl (C=O) groups excluding carboxylic acids is 2.